The molecule has 0 aromatic carbocycles. The van der Waals surface area contributed by atoms with Crippen LogP contribution in [0, 0.1) is 6.92 Å². The van der Waals surface area contributed by atoms with E-state index in [0.29, 0.717) is 6.04 Å². The number of rotatable bonds is 5. The first-order valence-corrected chi connectivity index (χ1v) is 4.85. The molecule has 1 heterocycles. The Hall–Kier alpha value is -0.870. The maximum atomic E-state index is 5.04. The van der Waals surface area contributed by atoms with E-state index in [-0.39, 0.29) is 0 Å². The Morgan fingerprint density at radius 1 is 1.64 bits per heavy atom. The van der Waals surface area contributed by atoms with E-state index in [9.17, 15) is 0 Å². The molecule has 0 bridgehead atoms. The van der Waals surface area contributed by atoms with Crippen molar-refractivity contribution in [3.63, 3.8) is 0 Å². The molecule has 0 spiro atoms. The van der Waals surface area contributed by atoms with Crippen molar-refractivity contribution in [3.8, 4) is 0 Å². The zero-order valence-corrected chi connectivity index (χ0v) is 9.37. The summed E-state index contributed by atoms with van der Waals surface area (Å²) in [5, 5.41) is 7.56. The first kappa shape index (κ1) is 11.2. The number of hydrogen-bond acceptors (Lipinski definition) is 3. The molecule has 0 amide bonds. The van der Waals surface area contributed by atoms with Crippen LogP contribution in [0.1, 0.15) is 18.2 Å². The first-order valence-electron chi connectivity index (χ1n) is 4.85. The van der Waals surface area contributed by atoms with Crippen LogP contribution < -0.4 is 5.32 Å². The predicted octanol–water partition coefficient (Wildman–Crippen LogP) is 0.853. The van der Waals surface area contributed by atoms with Crippen LogP contribution in [0.2, 0.25) is 0 Å². The largest absolute Gasteiger partial charge is 0.383 e. The highest BCUT2D eigenvalue weighted by Gasteiger charge is 2.05. The summed E-state index contributed by atoms with van der Waals surface area (Å²) in [6, 6.07) is 0.375. The molecule has 1 atom stereocenters. The minimum absolute atomic E-state index is 0.375. The van der Waals surface area contributed by atoms with Crippen LogP contribution in [0.15, 0.2) is 6.20 Å². The molecule has 14 heavy (non-hydrogen) atoms. The van der Waals surface area contributed by atoms with E-state index in [2.05, 4.69) is 24.3 Å². The molecule has 0 saturated carbocycles. The number of nitrogens with one attached hydrogen (secondary N) is 1. The molecule has 0 unspecified atom stereocenters. The molecule has 4 nitrogen and oxygen atoms in total. The fraction of sp³-hybridized carbons (Fsp3) is 0.700. The highest BCUT2D eigenvalue weighted by atomic mass is 16.5. The lowest BCUT2D eigenvalue weighted by atomic mass is 10.2. The van der Waals surface area contributed by atoms with Gasteiger partial charge in [0.15, 0.2) is 0 Å². The van der Waals surface area contributed by atoms with Crippen molar-refractivity contribution in [2.45, 2.75) is 26.4 Å². The zero-order valence-electron chi connectivity index (χ0n) is 9.37. The molecule has 0 aliphatic carbocycles. The molecule has 80 valence electrons. The monoisotopic (exact) mass is 197 g/mol. The summed E-state index contributed by atoms with van der Waals surface area (Å²) in [7, 11) is 3.67. The van der Waals surface area contributed by atoms with E-state index in [1.54, 1.807) is 7.11 Å². The molecule has 1 N–H and O–H groups in total. The summed E-state index contributed by atoms with van der Waals surface area (Å²) < 4.78 is 6.93. The van der Waals surface area contributed by atoms with Crippen LogP contribution >= 0.6 is 0 Å². The van der Waals surface area contributed by atoms with Gasteiger partial charge in [0, 0.05) is 38.0 Å². The van der Waals surface area contributed by atoms with Crippen molar-refractivity contribution in [1.82, 2.24) is 15.1 Å². The number of hydrogen-bond donors (Lipinski definition) is 1. The fourth-order valence-corrected chi connectivity index (χ4v) is 1.31. The Kier molecular flexibility index (Phi) is 4.10. The van der Waals surface area contributed by atoms with Crippen molar-refractivity contribution in [1.29, 1.82) is 0 Å². The second-order valence-electron chi connectivity index (χ2n) is 3.62. The standard InChI is InChI=1S/C10H19N3O/c1-8(7-14-4)11-5-10-6-12-13(3)9(10)2/h6,8,11H,5,7H2,1-4H3/t8-/m1/s1. The summed E-state index contributed by atoms with van der Waals surface area (Å²) in [5.74, 6) is 0. The van der Waals surface area contributed by atoms with E-state index in [4.69, 9.17) is 4.74 Å². The summed E-state index contributed by atoms with van der Waals surface area (Å²) in [6.07, 6.45) is 1.90. The Balaban J connectivity index is 2.41. The second-order valence-corrected chi connectivity index (χ2v) is 3.62. The van der Waals surface area contributed by atoms with E-state index in [1.165, 1.54) is 11.3 Å². The van der Waals surface area contributed by atoms with Crippen LogP contribution in [-0.4, -0.2) is 29.5 Å². The van der Waals surface area contributed by atoms with Crippen LogP contribution in [-0.2, 0) is 18.3 Å². The second kappa shape index (κ2) is 5.12. The Morgan fingerprint density at radius 2 is 2.36 bits per heavy atom. The Labute approximate surface area is 85.3 Å². The first-order chi connectivity index (χ1) is 6.65. The number of aromatic nitrogens is 2. The van der Waals surface area contributed by atoms with Gasteiger partial charge in [-0.25, -0.2) is 0 Å². The van der Waals surface area contributed by atoms with Gasteiger partial charge in [-0.05, 0) is 13.8 Å². The van der Waals surface area contributed by atoms with Gasteiger partial charge < -0.3 is 10.1 Å². The van der Waals surface area contributed by atoms with Crippen LogP contribution in [0.5, 0.6) is 0 Å². The van der Waals surface area contributed by atoms with E-state index < -0.39 is 0 Å². The van der Waals surface area contributed by atoms with Gasteiger partial charge >= 0.3 is 0 Å². The molecule has 1 aromatic heterocycles. The summed E-state index contributed by atoms with van der Waals surface area (Å²) >= 11 is 0. The lowest BCUT2D eigenvalue weighted by molar-refractivity contribution is 0.171. The van der Waals surface area contributed by atoms with Gasteiger partial charge in [0.25, 0.3) is 0 Å². The van der Waals surface area contributed by atoms with Crippen molar-refractivity contribution in [2.24, 2.45) is 7.05 Å². The maximum absolute atomic E-state index is 5.04. The highest BCUT2D eigenvalue weighted by molar-refractivity contribution is 5.15. The average molecular weight is 197 g/mol. The topological polar surface area (TPSA) is 39.1 Å². The van der Waals surface area contributed by atoms with Crippen molar-refractivity contribution < 1.29 is 4.74 Å². The lowest BCUT2D eigenvalue weighted by Crippen LogP contribution is -2.29. The minimum Gasteiger partial charge on any atom is -0.383 e. The SMILES string of the molecule is COC[C@@H](C)NCc1cnn(C)c1C. The predicted molar refractivity (Wildman–Crippen MR) is 56.1 cm³/mol. The zero-order chi connectivity index (χ0) is 10.6. The molecule has 1 aromatic rings. The van der Waals surface area contributed by atoms with E-state index in [0.717, 1.165) is 13.2 Å². The van der Waals surface area contributed by atoms with Crippen LogP contribution in [0.25, 0.3) is 0 Å². The van der Waals surface area contributed by atoms with Crippen LogP contribution in [0.3, 0.4) is 0 Å². The highest BCUT2D eigenvalue weighted by Crippen LogP contribution is 2.04. The summed E-state index contributed by atoms with van der Waals surface area (Å²) in [4.78, 5) is 0. The molecule has 0 aliphatic rings. The molecule has 0 aliphatic heterocycles. The maximum Gasteiger partial charge on any atom is 0.0613 e. The molecule has 0 fully saturated rings. The third kappa shape index (κ3) is 2.82. The third-order valence-corrected chi connectivity index (χ3v) is 2.39. The van der Waals surface area contributed by atoms with Crippen molar-refractivity contribution in [3.05, 3.63) is 17.5 Å². The fourth-order valence-electron chi connectivity index (χ4n) is 1.31. The van der Waals surface area contributed by atoms with Gasteiger partial charge in [-0.3, -0.25) is 4.68 Å². The lowest BCUT2D eigenvalue weighted by Gasteiger charge is -2.11. The van der Waals surface area contributed by atoms with Crippen molar-refractivity contribution >= 4 is 0 Å². The van der Waals surface area contributed by atoms with E-state index >= 15 is 0 Å². The van der Waals surface area contributed by atoms with Gasteiger partial charge in [-0.1, -0.05) is 0 Å². The van der Waals surface area contributed by atoms with Gasteiger partial charge in [-0.2, -0.15) is 5.10 Å². The third-order valence-electron chi connectivity index (χ3n) is 2.39. The molecule has 0 saturated heterocycles. The molecular formula is C10H19N3O. The van der Waals surface area contributed by atoms with Gasteiger partial charge in [-0.15, -0.1) is 0 Å². The van der Waals surface area contributed by atoms with Crippen molar-refractivity contribution in [2.75, 3.05) is 13.7 Å². The van der Waals surface area contributed by atoms with Crippen LogP contribution in [0.4, 0.5) is 0 Å². The quantitative estimate of drug-likeness (QED) is 0.760. The summed E-state index contributed by atoms with van der Waals surface area (Å²) in [5.41, 5.74) is 2.46. The van der Waals surface area contributed by atoms with E-state index in [1.807, 2.05) is 17.9 Å². The molecule has 0 radical (unpaired) electrons. The molecule has 1 rings (SSSR count). The smallest absolute Gasteiger partial charge is 0.0613 e. The van der Waals surface area contributed by atoms with Gasteiger partial charge in [0.2, 0.25) is 0 Å². The Morgan fingerprint density at radius 3 is 2.86 bits per heavy atom. The number of methoxy groups -OCH3 is 1. The van der Waals surface area contributed by atoms with Gasteiger partial charge in [0.05, 0.1) is 12.8 Å². The number of nitrogens with zero attached hydrogens (tertiary/aromatic N) is 2. The number of aryl methyl sites for hydroxylation is 1. The molecule has 4 heteroatoms. The Bertz CT molecular complexity index is 283. The molecular weight excluding hydrogens is 178 g/mol. The van der Waals surface area contributed by atoms with Gasteiger partial charge in [0.1, 0.15) is 0 Å². The minimum atomic E-state index is 0.375. The average Bonchev–Trinajstić information content (AvgIpc) is 2.46. The normalized spacial score (nSPS) is 13.1. The summed E-state index contributed by atoms with van der Waals surface area (Å²) in [6.45, 7) is 5.77. The number of ether oxygens (including phenoxy) is 1.